The number of halogens is 1. The van der Waals surface area contributed by atoms with Crippen LogP contribution in [0.3, 0.4) is 0 Å². The quantitative estimate of drug-likeness (QED) is 0.630. The lowest BCUT2D eigenvalue weighted by atomic mass is 10.2. The Morgan fingerprint density at radius 3 is 2.53 bits per heavy atom. The molecule has 0 saturated heterocycles. The highest BCUT2D eigenvalue weighted by Crippen LogP contribution is 2.28. The van der Waals surface area contributed by atoms with Crippen LogP contribution in [0.1, 0.15) is 5.56 Å². The number of benzene rings is 2. The zero-order valence-electron chi connectivity index (χ0n) is 8.84. The molecular formula is C13H10ClNO2. The zero-order valence-corrected chi connectivity index (χ0v) is 9.59. The highest BCUT2D eigenvalue weighted by atomic mass is 35.5. The van der Waals surface area contributed by atoms with Crippen LogP contribution in [0.15, 0.2) is 47.5 Å². The summed E-state index contributed by atoms with van der Waals surface area (Å²) in [5, 5.41) is 19.4. The number of para-hydroxylation sites is 2. The summed E-state index contributed by atoms with van der Waals surface area (Å²) >= 11 is 5.94. The number of phenols is 2. The Bertz CT molecular complexity index is 567. The van der Waals surface area contributed by atoms with Gasteiger partial charge in [-0.25, -0.2) is 0 Å². The molecule has 17 heavy (non-hydrogen) atoms. The van der Waals surface area contributed by atoms with Crippen molar-refractivity contribution in [3.05, 3.63) is 53.1 Å². The second-order valence-electron chi connectivity index (χ2n) is 3.42. The van der Waals surface area contributed by atoms with Crippen molar-refractivity contribution in [1.82, 2.24) is 0 Å². The van der Waals surface area contributed by atoms with E-state index in [0.29, 0.717) is 16.3 Å². The van der Waals surface area contributed by atoms with Crippen molar-refractivity contribution in [2.75, 3.05) is 0 Å². The first-order valence-corrected chi connectivity index (χ1v) is 5.36. The van der Waals surface area contributed by atoms with Crippen LogP contribution in [-0.2, 0) is 0 Å². The third-order valence-electron chi connectivity index (χ3n) is 2.24. The van der Waals surface area contributed by atoms with Gasteiger partial charge in [0.2, 0.25) is 0 Å². The number of nitrogens with zero attached hydrogens (tertiary/aromatic N) is 1. The van der Waals surface area contributed by atoms with Gasteiger partial charge in [0.25, 0.3) is 0 Å². The fraction of sp³-hybridized carbons (Fsp3) is 0. The van der Waals surface area contributed by atoms with Gasteiger partial charge in [-0.3, -0.25) is 4.99 Å². The number of rotatable bonds is 2. The third-order valence-corrected chi connectivity index (χ3v) is 2.56. The fourth-order valence-corrected chi connectivity index (χ4v) is 1.53. The van der Waals surface area contributed by atoms with Crippen LogP contribution in [0.2, 0.25) is 5.02 Å². The first kappa shape index (κ1) is 11.5. The number of aliphatic imine (C=N–C) groups is 1. The van der Waals surface area contributed by atoms with Crippen molar-refractivity contribution in [2.45, 2.75) is 0 Å². The van der Waals surface area contributed by atoms with Gasteiger partial charge in [-0.1, -0.05) is 29.8 Å². The maximum Gasteiger partial charge on any atom is 0.166 e. The summed E-state index contributed by atoms with van der Waals surface area (Å²) in [5.41, 5.74) is 1.04. The van der Waals surface area contributed by atoms with Crippen molar-refractivity contribution in [2.24, 2.45) is 4.99 Å². The van der Waals surface area contributed by atoms with Crippen LogP contribution in [0.25, 0.3) is 0 Å². The molecule has 2 aromatic carbocycles. The molecule has 0 bridgehead atoms. The van der Waals surface area contributed by atoms with Crippen LogP contribution in [-0.4, -0.2) is 16.4 Å². The van der Waals surface area contributed by atoms with Gasteiger partial charge < -0.3 is 10.2 Å². The standard InChI is InChI=1S/C13H10ClNO2/c14-10-5-1-2-6-11(10)15-8-9-4-3-7-12(16)13(9)17/h1-8,16-17H/b15-8+. The van der Waals surface area contributed by atoms with Gasteiger partial charge in [-0.15, -0.1) is 0 Å². The van der Waals surface area contributed by atoms with Gasteiger partial charge >= 0.3 is 0 Å². The average Bonchev–Trinajstić information content (AvgIpc) is 2.33. The fourth-order valence-electron chi connectivity index (χ4n) is 1.35. The lowest BCUT2D eigenvalue weighted by Crippen LogP contribution is -1.82. The van der Waals surface area contributed by atoms with Crippen LogP contribution in [0.4, 0.5) is 5.69 Å². The molecule has 0 fully saturated rings. The van der Waals surface area contributed by atoms with Crippen LogP contribution >= 0.6 is 11.6 Å². The first-order valence-electron chi connectivity index (χ1n) is 4.98. The Hall–Kier alpha value is -2.00. The van der Waals surface area contributed by atoms with Gasteiger partial charge in [-0.05, 0) is 24.3 Å². The van der Waals surface area contributed by atoms with Crippen molar-refractivity contribution < 1.29 is 10.2 Å². The number of aromatic hydroxyl groups is 2. The van der Waals surface area contributed by atoms with E-state index in [2.05, 4.69) is 4.99 Å². The van der Waals surface area contributed by atoms with E-state index in [9.17, 15) is 10.2 Å². The normalized spacial score (nSPS) is 10.9. The summed E-state index contributed by atoms with van der Waals surface area (Å²) < 4.78 is 0. The molecule has 0 amide bonds. The predicted octanol–water partition coefficient (Wildman–Crippen LogP) is 3.50. The lowest BCUT2D eigenvalue weighted by molar-refractivity contribution is 0.403. The first-order chi connectivity index (χ1) is 8.18. The molecule has 0 atom stereocenters. The second-order valence-corrected chi connectivity index (χ2v) is 3.83. The smallest absolute Gasteiger partial charge is 0.166 e. The van der Waals surface area contributed by atoms with Gasteiger partial charge in [-0.2, -0.15) is 0 Å². The van der Waals surface area contributed by atoms with E-state index >= 15 is 0 Å². The van der Waals surface area contributed by atoms with E-state index in [0.717, 1.165) is 0 Å². The molecule has 3 nitrogen and oxygen atoms in total. The minimum absolute atomic E-state index is 0.173. The largest absolute Gasteiger partial charge is 0.504 e. The molecule has 0 radical (unpaired) electrons. The highest BCUT2D eigenvalue weighted by molar-refractivity contribution is 6.33. The Labute approximate surface area is 104 Å². The SMILES string of the molecule is Oc1cccc(/C=N/c2ccccc2Cl)c1O. The summed E-state index contributed by atoms with van der Waals surface area (Å²) in [6, 6.07) is 11.8. The molecular weight excluding hydrogens is 238 g/mol. The van der Waals surface area contributed by atoms with Gasteiger partial charge in [0.1, 0.15) is 0 Å². The van der Waals surface area contributed by atoms with E-state index in [1.165, 1.54) is 12.3 Å². The summed E-state index contributed by atoms with van der Waals surface area (Å²) in [7, 11) is 0. The molecule has 2 rings (SSSR count). The number of hydrogen-bond donors (Lipinski definition) is 2. The van der Waals surface area contributed by atoms with Crippen molar-refractivity contribution in [3.63, 3.8) is 0 Å². The molecule has 2 aromatic rings. The summed E-state index contributed by atoms with van der Waals surface area (Å²) in [4.78, 5) is 4.15. The van der Waals surface area contributed by atoms with Crippen LogP contribution in [0, 0.1) is 0 Å². The molecule has 0 aromatic heterocycles. The molecule has 4 heteroatoms. The van der Waals surface area contributed by atoms with Crippen molar-refractivity contribution in [1.29, 1.82) is 0 Å². The molecule has 0 aliphatic carbocycles. The second kappa shape index (κ2) is 4.89. The molecule has 2 N–H and O–H groups in total. The summed E-state index contributed by atoms with van der Waals surface area (Å²) in [6.45, 7) is 0. The van der Waals surface area contributed by atoms with E-state index < -0.39 is 0 Å². The van der Waals surface area contributed by atoms with Crippen LogP contribution < -0.4 is 0 Å². The van der Waals surface area contributed by atoms with E-state index in [1.54, 1.807) is 24.3 Å². The molecule has 0 unspecified atom stereocenters. The van der Waals surface area contributed by atoms with Crippen molar-refractivity contribution >= 4 is 23.5 Å². The van der Waals surface area contributed by atoms with Crippen LogP contribution in [0.5, 0.6) is 11.5 Å². The Morgan fingerprint density at radius 2 is 1.76 bits per heavy atom. The van der Waals surface area contributed by atoms with Gasteiger partial charge in [0, 0.05) is 11.8 Å². The molecule has 0 aliphatic rings. The summed E-state index contributed by atoms with van der Waals surface area (Å²) in [6.07, 6.45) is 1.45. The predicted molar refractivity (Wildman–Crippen MR) is 68.5 cm³/mol. The maximum absolute atomic E-state index is 9.57. The van der Waals surface area contributed by atoms with Gasteiger partial charge in [0.15, 0.2) is 11.5 Å². The minimum atomic E-state index is -0.191. The average molecular weight is 248 g/mol. The zero-order chi connectivity index (χ0) is 12.3. The number of hydrogen-bond acceptors (Lipinski definition) is 3. The molecule has 86 valence electrons. The van der Waals surface area contributed by atoms with Gasteiger partial charge in [0.05, 0.1) is 10.7 Å². The Balaban J connectivity index is 2.33. The topological polar surface area (TPSA) is 52.8 Å². The van der Waals surface area contributed by atoms with Crippen molar-refractivity contribution in [3.8, 4) is 11.5 Å². The molecule has 0 heterocycles. The third kappa shape index (κ3) is 2.57. The monoisotopic (exact) mass is 247 g/mol. The van der Waals surface area contributed by atoms with E-state index in [1.807, 2.05) is 12.1 Å². The Morgan fingerprint density at radius 1 is 1.00 bits per heavy atom. The van der Waals surface area contributed by atoms with E-state index in [4.69, 9.17) is 11.6 Å². The molecule has 0 saturated carbocycles. The maximum atomic E-state index is 9.57. The number of phenolic OH excluding ortho intramolecular Hbond substituents is 2. The Kier molecular flexibility index (Phi) is 3.30. The lowest BCUT2D eigenvalue weighted by Gasteiger charge is -2.01. The molecule has 0 aliphatic heterocycles. The minimum Gasteiger partial charge on any atom is -0.504 e. The van der Waals surface area contributed by atoms with E-state index in [-0.39, 0.29) is 11.5 Å². The highest BCUT2D eigenvalue weighted by Gasteiger charge is 2.03. The molecule has 0 spiro atoms. The summed E-state index contributed by atoms with van der Waals surface area (Å²) in [5.74, 6) is -0.364.